The van der Waals surface area contributed by atoms with E-state index in [2.05, 4.69) is 5.32 Å². The second kappa shape index (κ2) is 7.79. The first kappa shape index (κ1) is 19.1. The zero-order valence-electron chi connectivity index (χ0n) is 12.8. The number of anilines is 1. The third-order valence-electron chi connectivity index (χ3n) is 3.19. The molecule has 1 N–H and O–H groups in total. The summed E-state index contributed by atoms with van der Waals surface area (Å²) in [5.74, 6) is -0.311. The Morgan fingerprint density at radius 1 is 1.21 bits per heavy atom. The fourth-order valence-electron chi connectivity index (χ4n) is 1.80. The van der Waals surface area contributed by atoms with Crippen LogP contribution in [0.5, 0.6) is 0 Å². The van der Waals surface area contributed by atoms with Crippen LogP contribution in [0, 0.1) is 3.57 Å². The molecule has 0 radical (unpaired) electrons. The van der Waals surface area contributed by atoms with Gasteiger partial charge in [0.15, 0.2) is 0 Å². The predicted molar refractivity (Wildman–Crippen MR) is 101 cm³/mol. The van der Waals surface area contributed by atoms with Crippen LogP contribution in [0.15, 0.2) is 47.4 Å². The van der Waals surface area contributed by atoms with Crippen molar-refractivity contribution in [3.8, 4) is 0 Å². The van der Waals surface area contributed by atoms with Gasteiger partial charge in [-0.2, -0.15) is 0 Å². The Bertz CT molecular complexity index is 856. The zero-order valence-corrected chi connectivity index (χ0v) is 16.5. The minimum Gasteiger partial charge on any atom is -0.322 e. The first-order valence-electron chi connectivity index (χ1n) is 6.65. The van der Waals surface area contributed by atoms with Gasteiger partial charge in [0.25, 0.3) is 15.9 Å². The van der Waals surface area contributed by atoms with Gasteiger partial charge in [-0.25, -0.2) is 8.42 Å². The molecule has 24 heavy (non-hydrogen) atoms. The minimum absolute atomic E-state index is 0.0610. The number of halogens is 2. The van der Waals surface area contributed by atoms with Crippen LogP contribution in [0.1, 0.15) is 10.4 Å². The van der Waals surface area contributed by atoms with Crippen molar-refractivity contribution in [2.24, 2.45) is 0 Å². The highest BCUT2D eigenvalue weighted by atomic mass is 127. The topological polar surface area (TPSA) is 75.7 Å². The third-order valence-corrected chi connectivity index (χ3v) is 6.42. The molecule has 9 heteroatoms. The quantitative estimate of drug-likeness (QED) is 0.526. The summed E-state index contributed by atoms with van der Waals surface area (Å²) in [6.45, 7) is 0. The average molecular weight is 481 g/mol. The van der Waals surface area contributed by atoms with Crippen LogP contribution in [0.4, 0.5) is 5.69 Å². The number of nitrogens with zero attached hydrogens (tertiary/aromatic N) is 1. The van der Waals surface area contributed by atoms with Crippen molar-refractivity contribution < 1.29 is 18.0 Å². The number of hydrogen-bond acceptors (Lipinski definition) is 4. The van der Waals surface area contributed by atoms with Crippen molar-refractivity contribution in [3.05, 3.63) is 56.6 Å². The highest BCUT2D eigenvalue weighted by Gasteiger charge is 2.20. The molecule has 0 bridgehead atoms. The summed E-state index contributed by atoms with van der Waals surface area (Å²) in [5.41, 5.74) is 0.934. The number of carbonyl (C=O) groups is 1. The van der Waals surface area contributed by atoms with Crippen LogP contribution in [-0.2, 0) is 14.9 Å². The van der Waals surface area contributed by atoms with Gasteiger partial charge in [0, 0.05) is 21.9 Å². The first-order chi connectivity index (χ1) is 11.3. The van der Waals surface area contributed by atoms with Crippen molar-refractivity contribution >= 4 is 55.8 Å². The van der Waals surface area contributed by atoms with Gasteiger partial charge >= 0.3 is 0 Å². The molecule has 0 fully saturated rings. The number of sulfonamides is 1. The van der Waals surface area contributed by atoms with Gasteiger partial charge in [0.1, 0.15) is 0 Å². The van der Waals surface area contributed by atoms with Gasteiger partial charge in [0.2, 0.25) is 0 Å². The lowest BCUT2D eigenvalue weighted by Gasteiger charge is -2.14. The Balaban J connectivity index is 2.17. The smallest absolute Gasteiger partial charge is 0.264 e. The fraction of sp³-hybridized carbons (Fsp3) is 0.133. The molecule has 0 aliphatic heterocycles. The maximum atomic E-state index is 12.2. The van der Waals surface area contributed by atoms with Gasteiger partial charge < -0.3 is 5.32 Å². The standard InChI is InChI=1S/C15H14ClIN2O4S/c1-19(23-2)24(21,22)12-6-4-11(5-7-12)18-15(20)10-3-8-13(16)14(17)9-10/h3-9H,1-2H3,(H,18,20). The summed E-state index contributed by atoms with van der Waals surface area (Å²) in [6.07, 6.45) is 0. The van der Waals surface area contributed by atoms with Crippen LogP contribution >= 0.6 is 34.2 Å². The van der Waals surface area contributed by atoms with Gasteiger partial charge in [-0.3, -0.25) is 9.63 Å². The summed E-state index contributed by atoms with van der Waals surface area (Å²) in [6, 6.07) is 10.7. The average Bonchev–Trinajstić information content (AvgIpc) is 2.56. The SMILES string of the molecule is CON(C)S(=O)(=O)c1ccc(NC(=O)c2ccc(Cl)c(I)c2)cc1. The normalized spacial score (nSPS) is 11.5. The summed E-state index contributed by atoms with van der Waals surface area (Å²) in [7, 11) is -1.15. The number of carbonyl (C=O) groups excluding carboxylic acids is 1. The molecule has 0 unspecified atom stereocenters. The van der Waals surface area contributed by atoms with Crippen molar-refractivity contribution in [2.45, 2.75) is 4.90 Å². The molecule has 0 heterocycles. The third kappa shape index (κ3) is 4.25. The molecule has 0 aliphatic rings. The van der Waals surface area contributed by atoms with Crippen molar-refractivity contribution in [2.75, 3.05) is 19.5 Å². The van der Waals surface area contributed by atoms with E-state index in [0.29, 0.717) is 16.3 Å². The summed E-state index contributed by atoms with van der Waals surface area (Å²) < 4.78 is 25.7. The molecule has 6 nitrogen and oxygen atoms in total. The molecule has 2 aromatic rings. The lowest BCUT2D eigenvalue weighted by Crippen LogP contribution is -2.25. The fourth-order valence-corrected chi connectivity index (χ4v) is 3.40. The molecule has 0 spiro atoms. The van der Waals surface area contributed by atoms with E-state index in [0.717, 1.165) is 8.04 Å². The van der Waals surface area contributed by atoms with Crippen LogP contribution < -0.4 is 5.32 Å². The van der Waals surface area contributed by atoms with Gasteiger partial charge in [-0.15, -0.1) is 0 Å². The van der Waals surface area contributed by atoms with Crippen LogP contribution in [-0.4, -0.2) is 33.0 Å². The van der Waals surface area contributed by atoms with Gasteiger partial charge in [0.05, 0.1) is 17.0 Å². The summed E-state index contributed by atoms with van der Waals surface area (Å²) >= 11 is 7.97. The second-order valence-electron chi connectivity index (χ2n) is 4.70. The molecule has 0 aliphatic carbocycles. The zero-order chi connectivity index (χ0) is 17.9. The van der Waals surface area contributed by atoms with Gasteiger partial charge in [-0.05, 0) is 65.1 Å². The molecule has 0 saturated carbocycles. The Morgan fingerprint density at radius 3 is 2.38 bits per heavy atom. The first-order valence-corrected chi connectivity index (χ1v) is 9.55. The van der Waals surface area contributed by atoms with E-state index in [4.69, 9.17) is 16.4 Å². The number of hydrogen-bond donors (Lipinski definition) is 1. The lowest BCUT2D eigenvalue weighted by molar-refractivity contribution is -0.0258. The Hall–Kier alpha value is -1.20. The molecular formula is C15H14ClIN2O4S. The van der Waals surface area contributed by atoms with Gasteiger partial charge in [-0.1, -0.05) is 16.1 Å². The van der Waals surface area contributed by atoms with E-state index < -0.39 is 10.0 Å². The van der Waals surface area contributed by atoms with E-state index in [9.17, 15) is 13.2 Å². The lowest BCUT2D eigenvalue weighted by atomic mass is 10.2. The number of amides is 1. The molecule has 0 aromatic heterocycles. The highest BCUT2D eigenvalue weighted by Crippen LogP contribution is 2.21. The van der Waals surface area contributed by atoms with Crippen LogP contribution in [0.25, 0.3) is 0 Å². The summed E-state index contributed by atoms with van der Waals surface area (Å²) in [5, 5.41) is 3.27. The van der Waals surface area contributed by atoms with E-state index in [1.807, 2.05) is 22.6 Å². The minimum atomic E-state index is -3.71. The van der Waals surface area contributed by atoms with Crippen molar-refractivity contribution in [1.82, 2.24) is 4.47 Å². The van der Waals surface area contributed by atoms with Crippen molar-refractivity contribution in [3.63, 3.8) is 0 Å². The molecule has 128 valence electrons. The maximum Gasteiger partial charge on any atom is 0.264 e. The predicted octanol–water partition coefficient (Wildman–Crippen LogP) is 3.38. The Kier molecular flexibility index (Phi) is 6.21. The van der Waals surface area contributed by atoms with Crippen LogP contribution in [0.2, 0.25) is 5.02 Å². The summed E-state index contributed by atoms with van der Waals surface area (Å²) in [4.78, 5) is 17.0. The molecule has 1 amide bonds. The van der Waals surface area contributed by atoms with E-state index >= 15 is 0 Å². The Labute approximate surface area is 158 Å². The number of rotatable bonds is 5. The largest absolute Gasteiger partial charge is 0.322 e. The van der Waals surface area contributed by atoms with E-state index in [-0.39, 0.29) is 10.8 Å². The molecule has 2 rings (SSSR count). The highest BCUT2D eigenvalue weighted by molar-refractivity contribution is 14.1. The molecule has 2 aromatic carbocycles. The number of hydroxylamine groups is 1. The molecular weight excluding hydrogens is 467 g/mol. The number of benzene rings is 2. The number of nitrogens with one attached hydrogen (secondary N) is 1. The molecule has 0 atom stereocenters. The van der Waals surface area contributed by atoms with Crippen LogP contribution in [0.3, 0.4) is 0 Å². The maximum absolute atomic E-state index is 12.2. The Morgan fingerprint density at radius 2 is 1.83 bits per heavy atom. The monoisotopic (exact) mass is 480 g/mol. The van der Waals surface area contributed by atoms with E-state index in [1.54, 1.807) is 18.2 Å². The molecule has 0 saturated heterocycles. The van der Waals surface area contributed by atoms with E-state index in [1.165, 1.54) is 38.4 Å². The van der Waals surface area contributed by atoms with Crippen molar-refractivity contribution in [1.29, 1.82) is 0 Å². The second-order valence-corrected chi connectivity index (χ2v) is 8.21.